The van der Waals surface area contributed by atoms with Crippen molar-refractivity contribution in [3.8, 4) is 45.3 Å². The number of benzene rings is 8. The van der Waals surface area contributed by atoms with Crippen LogP contribution in [0.25, 0.3) is 88.4 Å². The van der Waals surface area contributed by atoms with Gasteiger partial charge in [-0.25, -0.2) is 15.0 Å². The first-order valence-corrected chi connectivity index (χ1v) is 16.9. The Bertz CT molecular complexity index is 2810. The van der Waals surface area contributed by atoms with Gasteiger partial charge in [-0.05, 0) is 77.5 Å². The zero-order chi connectivity index (χ0) is 32.7. The van der Waals surface area contributed by atoms with Crippen LogP contribution in [-0.2, 0) is 5.41 Å². The molecule has 49 heavy (non-hydrogen) atoms. The first-order valence-electron chi connectivity index (χ1n) is 16.9. The van der Waals surface area contributed by atoms with Gasteiger partial charge in [-0.1, -0.05) is 153 Å². The second-order valence-corrected chi connectivity index (χ2v) is 13.6. The average molecular weight is 626 g/mol. The van der Waals surface area contributed by atoms with Gasteiger partial charge in [-0.15, -0.1) is 0 Å². The number of fused-ring (bicyclic) bond motifs is 9. The van der Waals surface area contributed by atoms with E-state index >= 15 is 0 Å². The van der Waals surface area contributed by atoms with Crippen LogP contribution in [-0.4, -0.2) is 15.0 Å². The Morgan fingerprint density at radius 3 is 1.84 bits per heavy atom. The van der Waals surface area contributed by atoms with Gasteiger partial charge in [-0.3, -0.25) is 0 Å². The highest BCUT2D eigenvalue weighted by atomic mass is 15.0. The fourth-order valence-electron chi connectivity index (χ4n) is 8.17. The van der Waals surface area contributed by atoms with Gasteiger partial charge in [0.1, 0.15) is 0 Å². The van der Waals surface area contributed by atoms with Crippen molar-refractivity contribution in [2.45, 2.75) is 19.3 Å². The van der Waals surface area contributed by atoms with Gasteiger partial charge in [0.25, 0.3) is 0 Å². The predicted molar refractivity (Wildman–Crippen MR) is 204 cm³/mol. The van der Waals surface area contributed by atoms with Crippen molar-refractivity contribution in [1.29, 1.82) is 0 Å². The Kier molecular flexibility index (Phi) is 5.92. The van der Waals surface area contributed by atoms with E-state index < -0.39 is 0 Å². The molecule has 0 atom stereocenters. The van der Waals surface area contributed by atoms with Crippen molar-refractivity contribution in [3.63, 3.8) is 0 Å². The highest BCUT2D eigenvalue weighted by Gasteiger charge is 2.36. The third kappa shape index (κ3) is 4.19. The molecule has 0 N–H and O–H groups in total. The van der Waals surface area contributed by atoms with Crippen LogP contribution in [0.4, 0.5) is 0 Å². The molecule has 0 unspecified atom stereocenters. The van der Waals surface area contributed by atoms with Gasteiger partial charge >= 0.3 is 0 Å². The van der Waals surface area contributed by atoms with Crippen LogP contribution in [0.15, 0.2) is 152 Å². The molecule has 9 aromatic rings. The SMILES string of the molecule is CC1(C)c2ccccc2-c2ccc3cc(-c4nc(-c5cccc6ccccc56)nc(-c5cc6ccccc6c6ccccc56)n4)ccc3c21. The van der Waals surface area contributed by atoms with E-state index in [1.807, 2.05) is 0 Å². The summed E-state index contributed by atoms with van der Waals surface area (Å²) in [6.07, 6.45) is 0. The molecule has 0 aliphatic heterocycles. The molecule has 0 saturated carbocycles. The molecule has 8 aromatic carbocycles. The van der Waals surface area contributed by atoms with Gasteiger partial charge in [0.15, 0.2) is 17.5 Å². The standard InChI is InChI=1S/C46H31N3/c1-46(2)41-21-10-9-19-37(41)38-25-22-30-26-31(23-24-34(30)42(38)46)43-47-44(39-20-11-14-28-12-3-5-15-32(28)39)49-45(48-43)40-27-29-13-4-6-16-33(29)35-17-7-8-18-36(35)40/h3-27H,1-2H3. The maximum atomic E-state index is 5.25. The Labute approximate surface area is 284 Å². The molecule has 0 fully saturated rings. The Balaban J connectivity index is 1.22. The van der Waals surface area contributed by atoms with E-state index in [0.717, 1.165) is 38.2 Å². The zero-order valence-electron chi connectivity index (χ0n) is 27.3. The van der Waals surface area contributed by atoms with E-state index in [0.29, 0.717) is 17.5 Å². The minimum atomic E-state index is -0.0913. The van der Waals surface area contributed by atoms with Crippen LogP contribution in [0.1, 0.15) is 25.0 Å². The van der Waals surface area contributed by atoms with Gasteiger partial charge in [-0.2, -0.15) is 0 Å². The minimum Gasteiger partial charge on any atom is -0.208 e. The summed E-state index contributed by atoms with van der Waals surface area (Å²) in [4.78, 5) is 15.7. The molecule has 0 bridgehead atoms. The molecule has 1 heterocycles. The second kappa shape index (κ2) is 10.4. The molecule has 0 saturated heterocycles. The molecular formula is C46H31N3. The van der Waals surface area contributed by atoms with Crippen LogP contribution >= 0.6 is 0 Å². The fraction of sp³-hybridized carbons (Fsp3) is 0.0652. The van der Waals surface area contributed by atoms with Crippen molar-refractivity contribution in [2.75, 3.05) is 0 Å². The summed E-state index contributed by atoms with van der Waals surface area (Å²) in [5.41, 5.74) is 8.29. The zero-order valence-corrected chi connectivity index (χ0v) is 27.3. The first kappa shape index (κ1) is 27.9. The highest BCUT2D eigenvalue weighted by Crippen LogP contribution is 2.51. The summed E-state index contributed by atoms with van der Waals surface area (Å²) in [7, 11) is 0. The smallest absolute Gasteiger partial charge is 0.164 e. The lowest BCUT2D eigenvalue weighted by Gasteiger charge is -2.23. The predicted octanol–water partition coefficient (Wildman–Crippen LogP) is 11.8. The van der Waals surface area contributed by atoms with Crippen molar-refractivity contribution < 1.29 is 0 Å². The van der Waals surface area contributed by atoms with Gasteiger partial charge in [0.05, 0.1) is 0 Å². The molecular weight excluding hydrogens is 595 g/mol. The van der Waals surface area contributed by atoms with Crippen molar-refractivity contribution in [2.24, 2.45) is 0 Å². The molecule has 1 aliphatic rings. The molecule has 1 aromatic heterocycles. The molecule has 0 spiro atoms. The summed E-state index contributed by atoms with van der Waals surface area (Å²) >= 11 is 0. The van der Waals surface area contributed by atoms with Crippen LogP contribution in [0.3, 0.4) is 0 Å². The summed E-state index contributed by atoms with van der Waals surface area (Å²) < 4.78 is 0. The van der Waals surface area contributed by atoms with Crippen molar-refractivity contribution in [3.05, 3.63) is 163 Å². The number of rotatable bonds is 3. The molecule has 230 valence electrons. The highest BCUT2D eigenvalue weighted by molar-refractivity contribution is 6.13. The second-order valence-electron chi connectivity index (χ2n) is 13.6. The Morgan fingerprint density at radius 2 is 0.980 bits per heavy atom. The van der Waals surface area contributed by atoms with E-state index in [4.69, 9.17) is 15.0 Å². The van der Waals surface area contributed by atoms with Crippen LogP contribution in [0, 0.1) is 0 Å². The molecule has 3 nitrogen and oxygen atoms in total. The topological polar surface area (TPSA) is 38.7 Å². The number of hydrogen-bond acceptors (Lipinski definition) is 3. The number of aromatic nitrogens is 3. The molecule has 1 aliphatic carbocycles. The lowest BCUT2D eigenvalue weighted by Crippen LogP contribution is -2.15. The van der Waals surface area contributed by atoms with Crippen LogP contribution in [0.5, 0.6) is 0 Å². The van der Waals surface area contributed by atoms with E-state index in [9.17, 15) is 0 Å². The van der Waals surface area contributed by atoms with E-state index in [-0.39, 0.29) is 5.41 Å². The normalized spacial score (nSPS) is 13.3. The molecule has 3 heteroatoms. The molecule has 0 amide bonds. The minimum absolute atomic E-state index is 0.0913. The van der Waals surface area contributed by atoms with Gasteiger partial charge < -0.3 is 0 Å². The summed E-state index contributed by atoms with van der Waals surface area (Å²) in [5, 5.41) is 9.42. The Morgan fingerprint density at radius 1 is 0.367 bits per heavy atom. The van der Waals surface area contributed by atoms with Gasteiger partial charge in [0.2, 0.25) is 0 Å². The van der Waals surface area contributed by atoms with E-state index in [2.05, 4.69) is 166 Å². The largest absolute Gasteiger partial charge is 0.208 e. The maximum Gasteiger partial charge on any atom is 0.164 e. The molecule has 0 radical (unpaired) electrons. The lowest BCUT2D eigenvalue weighted by molar-refractivity contribution is 0.666. The third-order valence-corrected chi connectivity index (χ3v) is 10.5. The average Bonchev–Trinajstić information content (AvgIpc) is 3.40. The van der Waals surface area contributed by atoms with Crippen LogP contribution in [0.2, 0.25) is 0 Å². The summed E-state index contributed by atoms with van der Waals surface area (Å²) in [5.74, 6) is 2.00. The van der Waals surface area contributed by atoms with E-state index in [1.165, 1.54) is 43.8 Å². The quantitative estimate of drug-likeness (QED) is 0.183. The van der Waals surface area contributed by atoms with Crippen LogP contribution < -0.4 is 0 Å². The van der Waals surface area contributed by atoms with Crippen molar-refractivity contribution in [1.82, 2.24) is 15.0 Å². The maximum absolute atomic E-state index is 5.25. The van der Waals surface area contributed by atoms with Gasteiger partial charge in [0, 0.05) is 22.1 Å². The van der Waals surface area contributed by atoms with E-state index in [1.54, 1.807) is 0 Å². The Hall–Kier alpha value is -6.19. The monoisotopic (exact) mass is 625 g/mol. The third-order valence-electron chi connectivity index (χ3n) is 10.5. The van der Waals surface area contributed by atoms with Crippen molar-refractivity contribution >= 4 is 43.1 Å². The molecule has 10 rings (SSSR count). The summed E-state index contributed by atoms with van der Waals surface area (Å²) in [6, 6.07) is 54.2. The number of hydrogen-bond donors (Lipinski definition) is 0. The summed E-state index contributed by atoms with van der Waals surface area (Å²) in [6.45, 7) is 4.68. The lowest BCUT2D eigenvalue weighted by atomic mass is 9.80. The first-order chi connectivity index (χ1) is 24.0. The fourth-order valence-corrected chi connectivity index (χ4v) is 8.17. The number of nitrogens with zero attached hydrogens (tertiary/aromatic N) is 3.